The quantitative estimate of drug-likeness (QED) is 0.398. The topological polar surface area (TPSA) is 26.9 Å². The summed E-state index contributed by atoms with van der Waals surface area (Å²) >= 11 is 0. The number of hydrogen-bond donors (Lipinski definition) is 0. The zero-order valence-corrected chi connectivity index (χ0v) is 5.08. The Hall–Kier alpha value is -1.05. The number of aromatic nitrogens is 1. The fraction of sp³-hybridized carbons (Fsp3) is 0.143. The van der Waals surface area contributed by atoms with Crippen molar-refractivity contribution in [3.05, 3.63) is 42.2 Å². The molecule has 0 saturated carbocycles. The Kier molecular flexibility index (Phi) is 1.68. The second-order valence-electron chi connectivity index (χ2n) is 1.82. The normalized spacial score (nSPS) is 9.44. The first-order valence-corrected chi connectivity index (χ1v) is 2.80. The van der Waals surface area contributed by atoms with Gasteiger partial charge in [0.1, 0.15) is 0 Å². The van der Waals surface area contributed by atoms with E-state index in [9.17, 15) is 5.21 Å². The van der Waals surface area contributed by atoms with Crippen molar-refractivity contribution in [1.82, 2.24) is 0 Å². The fourth-order valence-electron chi connectivity index (χ4n) is 0.649. The molecule has 0 amide bonds. The van der Waals surface area contributed by atoms with Gasteiger partial charge in [0.2, 0.25) is 0 Å². The van der Waals surface area contributed by atoms with Gasteiger partial charge in [-0.15, -0.1) is 0 Å². The standard InChI is InChI=1S/C7H8NO/c1-2-7-4-3-5-8(9)6-7/h3-6H,1-2H2. The summed E-state index contributed by atoms with van der Waals surface area (Å²) in [7, 11) is 0. The van der Waals surface area contributed by atoms with Gasteiger partial charge in [0.05, 0.1) is 0 Å². The Morgan fingerprint density at radius 2 is 2.44 bits per heavy atom. The molecule has 0 unspecified atom stereocenters. The van der Waals surface area contributed by atoms with Gasteiger partial charge in [-0.05, 0) is 19.4 Å². The molecule has 0 bridgehead atoms. The summed E-state index contributed by atoms with van der Waals surface area (Å²) < 4.78 is 0.778. The first-order chi connectivity index (χ1) is 4.33. The molecule has 0 aliphatic rings. The number of pyridine rings is 1. The van der Waals surface area contributed by atoms with Crippen molar-refractivity contribution in [2.45, 2.75) is 6.42 Å². The molecule has 47 valence electrons. The molecule has 2 heteroatoms. The maximum Gasteiger partial charge on any atom is 0.183 e. The lowest BCUT2D eigenvalue weighted by Gasteiger charge is -1.95. The second kappa shape index (κ2) is 2.49. The Balaban J connectivity index is 2.94. The van der Waals surface area contributed by atoms with Crippen LogP contribution in [-0.2, 0) is 6.42 Å². The maximum atomic E-state index is 10.5. The first-order valence-electron chi connectivity index (χ1n) is 2.80. The Labute approximate surface area is 54.3 Å². The highest BCUT2D eigenvalue weighted by atomic mass is 16.5. The predicted octanol–water partition coefficient (Wildman–Crippen LogP) is 0.697. The van der Waals surface area contributed by atoms with Crippen LogP contribution in [0.2, 0.25) is 0 Å². The van der Waals surface area contributed by atoms with Crippen LogP contribution in [0, 0.1) is 12.1 Å². The molecule has 2 nitrogen and oxygen atoms in total. The van der Waals surface area contributed by atoms with Gasteiger partial charge in [-0.1, -0.05) is 0 Å². The van der Waals surface area contributed by atoms with Gasteiger partial charge in [-0.25, -0.2) is 0 Å². The average Bonchev–Trinajstić information content (AvgIpc) is 1.88. The summed E-state index contributed by atoms with van der Waals surface area (Å²) in [6.07, 6.45) is 3.65. The van der Waals surface area contributed by atoms with Crippen molar-refractivity contribution >= 4 is 0 Å². The third-order valence-electron chi connectivity index (χ3n) is 1.13. The van der Waals surface area contributed by atoms with Crippen LogP contribution in [0.3, 0.4) is 0 Å². The molecular weight excluding hydrogens is 114 g/mol. The van der Waals surface area contributed by atoms with Crippen molar-refractivity contribution < 1.29 is 4.73 Å². The van der Waals surface area contributed by atoms with E-state index < -0.39 is 0 Å². The molecule has 1 heterocycles. The Bertz CT molecular complexity index is 198. The van der Waals surface area contributed by atoms with Crippen LogP contribution in [0.5, 0.6) is 0 Å². The molecular formula is C7H8NO. The Morgan fingerprint density at radius 1 is 1.67 bits per heavy atom. The summed E-state index contributed by atoms with van der Waals surface area (Å²) in [5.74, 6) is 0. The highest BCUT2D eigenvalue weighted by molar-refractivity contribution is 5.05. The van der Waals surface area contributed by atoms with Crippen LogP contribution < -0.4 is 4.73 Å². The largest absolute Gasteiger partial charge is 0.619 e. The fourth-order valence-corrected chi connectivity index (χ4v) is 0.649. The summed E-state index contributed by atoms with van der Waals surface area (Å²) in [5, 5.41) is 10.5. The summed E-state index contributed by atoms with van der Waals surface area (Å²) in [5.41, 5.74) is 0.965. The lowest BCUT2D eigenvalue weighted by Crippen LogP contribution is -2.24. The molecule has 0 aliphatic carbocycles. The monoisotopic (exact) mass is 122 g/mol. The van der Waals surface area contributed by atoms with Crippen LogP contribution in [0.1, 0.15) is 5.56 Å². The smallest absolute Gasteiger partial charge is 0.183 e. The van der Waals surface area contributed by atoms with Gasteiger partial charge in [0, 0.05) is 11.6 Å². The SMILES string of the molecule is [CH2]Cc1ccc[n+]([O-])c1. The molecule has 0 aromatic carbocycles. The minimum absolute atomic E-state index is 0.670. The van der Waals surface area contributed by atoms with E-state index in [0.717, 1.165) is 10.3 Å². The molecule has 0 spiro atoms. The average molecular weight is 122 g/mol. The van der Waals surface area contributed by atoms with Gasteiger partial charge in [-0.2, -0.15) is 4.73 Å². The van der Waals surface area contributed by atoms with Gasteiger partial charge < -0.3 is 5.21 Å². The van der Waals surface area contributed by atoms with Crippen molar-refractivity contribution in [2.75, 3.05) is 0 Å². The van der Waals surface area contributed by atoms with Crippen LogP contribution in [-0.4, -0.2) is 0 Å². The van der Waals surface area contributed by atoms with Crippen molar-refractivity contribution in [2.24, 2.45) is 0 Å². The molecule has 0 fully saturated rings. The van der Waals surface area contributed by atoms with E-state index in [0.29, 0.717) is 6.42 Å². The minimum atomic E-state index is 0.670. The van der Waals surface area contributed by atoms with Crippen molar-refractivity contribution in [3.63, 3.8) is 0 Å². The third kappa shape index (κ3) is 1.42. The number of nitrogens with zero attached hydrogens (tertiary/aromatic N) is 1. The van der Waals surface area contributed by atoms with Crippen LogP contribution in [0.15, 0.2) is 24.5 Å². The van der Waals surface area contributed by atoms with E-state index in [1.54, 1.807) is 6.07 Å². The maximum absolute atomic E-state index is 10.5. The first kappa shape index (κ1) is 6.08. The van der Waals surface area contributed by atoms with Gasteiger partial charge >= 0.3 is 0 Å². The molecule has 1 radical (unpaired) electrons. The van der Waals surface area contributed by atoms with E-state index >= 15 is 0 Å². The summed E-state index contributed by atoms with van der Waals surface area (Å²) in [4.78, 5) is 0. The zero-order chi connectivity index (χ0) is 6.69. The molecule has 0 atom stereocenters. The summed E-state index contributed by atoms with van der Waals surface area (Å²) in [6, 6.07) is 3.59. The van der Waals surface area contributed by atoms with Crippen LogP contribution in [0.4, 0.5) is 0 Å². The molecule has 0 saturated heterocycles. The van der Waals surface area contributed by atoms with E-state index in [4.69, 9.17) is 0 Å². The number of hydrogen-bond acceptors (Lipinski definition) is 1. The molecule has 1 rings (SSSR count). The van der Waals surface area contributed by atoms with Gasteiger partial charge in [-0.3, -0.25) is 0 Å². The van der Waals surface area contributed by atoms with Crippen LogP contribution in [0.25, 0.3) is 0 Å². The zero-order valence-electron chi connectivity index (χ0n) is 5.08. The van der Waals surface area contributed by atoms with E-state index in [2.05, 4.69) is 6.92 Å². The third-order valence-corrected chi connectivity index (χ3v) is 1.13. The van der Waals surface area contributed by atoms with Crippen molar-refractivity contribution in [1.29, 1.82) is 0 Å². The molecule has 9 heavy (non-hydrogen) atoms. The highest BCUT2D eigenvalue weighted by Gasteiger charge is 1.90. The lowest BCUT2D eigenvalue weighted by molar-refractivity contribution is -0.605. The van der Waals surface area contributed by atoms with E-state index in [1.165, 1.54) is 12.4 Å². The predicted molar refractivity (Wildman–Crippen MR) is 34.5 cm³/mol. The highest BCUT2D eigenvalue weighted by Crippen LogP contribution is 1.92. The Morgan fingerprint density at radius 3 is 2.89 bits per heavy atom. The van der Waals surface area contributed by atoms with Crippen LogP contribution >= 0.6 is 0 Å². The van der Waals surface area contributed by atoms with Gasteiger partial charge in [0.15, 0.2) is 12.4 Å². The lowest BCUT2D eigenvalue weighted by atomic mass is 10.2. The molecule has 0 aliphatic heterocycles. The second-order valence-corrected chi connectivity index (χ2v) is 1.82. The molecule has 1 aromatic rings. The van der Waals surface area contributed by atoms with E-state index in [1.807, 2.05) is 6.07 Å². The van der Waals surface area contributed by atoms with E-state index in [-0.39, 0.29) is 0 Å². The minimum Gasteiger partial charge on any atom is -0.619 e. The molecule has 0 N–H and O–H groups in total. The van der Waals surface area contributed by atoms with Crippen molar-refractivity contribution in [3.8, 4) is 0 Å². The van der Waals surface area contributed by atoms with Gasteiger partial charge in [0.25, 0.3) is 0 Å². The molecule has 1 aromatic heterocycles. The number of rotatable bonds is 1. The summed E-state index contributed by atoms with van der Waals surface area (Å²) in [6.45, 7) is 3.64.